The zero-order chi connectivity index (χ0) is 7.65. The minimum absolute atomic E-state index is 1.03. The number of aliphatic hydroxyl groups is 1. The van der Waals surface area contributed by atoms with Gasteiger partial charge in [0.25, 0.3) is 0 Å². The Bertz CT molecular complexity index is 119. The van der Waals surface area contributed by atoms with Crippen LogP contribution in [0.3, 0.4) is 0 Å². The molecule has 4 nitrogen and oxygen atoms in total. The number of rotatable bonds is 2. The van der Waals surface area contributed by atoms with Gasteiger partial charge in [-0.3, -0.25) is 4.79 Å². The van der Waals surface area contributed by atoms with Gasteiger partial charge in [0.15, 0.2) is 0 Å². The Labute approximate surface area is 53.3 Å². The maximum atomic E-state index is 10.2. The van der Waals surface area contributed by atoms with Crippen LogP contribution in [-0.2, 0) is 4.79 Å². The molecule has 2 atom stereocenters. The highest BCUT2D eigenvalue weighted by atomic mass is 16.4. The second kappa shape index (κ2) is 2.33. The van der Waals surface area contributed by atoms with E-state index >= 15 is 0 Å². The average molecular weight is 133 g/mol. The second-order valence-electron chi connectivity index (χ2n) is 2.26. The third kappa shape index (κ3) is 1.65. The van der Waals surface area contributed by atoms with Crippen molar-refractivity contribution in [3.05, 3.63) is 0 Å². The number of hydrogen-bond acceptors (Lipinski definition) is 3. The Morgan fingerprint density at radius 2 is 2.11 bits per heavy atom. The third-order valence-electron chi connectivity index (χ3n) is 1.33. The summed E-state index contributed by atoms with van der Waals surface area (Å²) in [5.41, 5.74) is 3.62. The number of carboxylic acids is 1. The van der Waals surface area contributed by atoms with Crippen LogP contribution in [0.1, 0.15) is 13.8 Å². The maximum Gasteiger partial charge on any atom is 0.326 e. The van der Waals surface area contributed by atoms with Crippen molar-refractivity contribution in [3.8, 4) is 0 Å². The summed E-state index contributed by atoms with van der Waals surface area (Å²) in [4.78, 5) is 10.2. The van der Waals surface area contributed by atoms with Crippen LogP contribution in [0.15, 0.2) is 0 Å². The maximum absolute atomic E-state index is 10.2. The summed E-state index contributed by atoms with van der Waals surface area (Å²) in [5.74, 6) is -1.20. The van der Waals surface area contributed by atoms with Crippen LogP contribution in [-0.4, -0.2) is 27.8 Å². The molecular weight excluding hydrogens is 122 g/mol. The molecule has 0 amide bonds. The Morgan fingerprint density at radius 1 is 1.78 bits per heavy atom. The fourth-order valence-corrected chi connectivity index (χ4v) is 0.179. The first kappa shape index (κ1) is 8.39. The predicted molar refractivity (Wildman–Crippen MR) is 31.9 cm³/mol. The van der Waals surface area contributed by atoms with Gasteiger partial charge in [-0.15, -0.1) is 0 Å². The number of hydrogen-bond donors (Lipinski definition) is 3. The van der Waals surface area contributed by atoms with Gasteiger partial charge in [0.2, 0.25) is 0 Å². The van der Waals surface area contributed by atoms with Gasteiger partial charge >= 0.3 is 5.97 Å². The highest BCUT2D eigenvalue weighted by Crippen LogP contribution is 2.04. The number of carboxylic acid groups (broad SMARTS) is 1. The van der Waals surface area contributed by atoms with E-state index in [0.717, 1.165) is 0 Å². The van der Waals surface area contributed by atoms with Crippen molar-refractivity contribution in [3.63, 3.8) is 0 Å². The molecule has 9 heavy (non-hydrogen) atoms. The lowest BCUT2D eigenvalue weighted by molar-refractivity contribution is -0.146. The molecule has 0 heterocycles. The van der Waals surface area contributed by atoms with E-state index in [2.05, 4.69) is 0 Å². The Kier molecular flexibility index (Phi) is 2.17. The molecule has 1 unspecified atom stereocenters. The summed E-state index contributed by atoms with van der Waals surface area (Å²) in [6.45, 7) is 2.61. The van der Waals surface area contributed by atoms with Crippen molar-refractivity contribution in [2.24, 2.45) is 5.73 Å². The van der Waals surface area contributed by atoms with Crippen LogP contribution in [0.4, 0.5) is 0 Å². The molecule has 0 fully saturated rings. The van der Waals surface area contributed by atoms with E-state index in [1.54, 1.807) is 0 Å². The largest absolute Gasteiger partial charge is 0.480 e. The van der Waals surface area contributed by atoms with Crippen LogP contribution >= 0.6 is 0 Å². The lowest BCUT2D eigenvalue weighted by Gasteiger charge is -2.21. The third-order valence-corrected chi connectivity index (χ3v) is 1.33. The molecule has 0 spiro atoms. The number of aliphatic carboxylic acids is 1. The van der Waals surface area contributed by atoms with Gasteiger partial charge < -0.3 is 15.9 Å². The Balaban J connectivity index is 4.19. The first-order valence-electron chi connectivity index (χ1n) is 2.59. The van der Waals surface area contributed by atoms with Crippen molar-refractivity contribution in [1.82, 2.24) is 0 Å². The highest BCUT2D eigenvalue weighted by molar-refractivity contribution is 5.78. The minimum Gasteiger partial charge on any atom is -0.480 e. The van der Waals surface area contributed by atoms with Gasteiger partial charge in [-0.2, -0.15) is 0 Å². The topological polar surface area (TPSA) is 83.5 Å². The molecule has 0 aromatic carbocycles. The number of carbonyl (C=O) groups is 1. The summed E-state index contributed by atoms with van der Waals surface area (Å²) in [6, 6.07) is 0. The summed E-state index contributed by atoms with van der Waals surface area (Å²) in [7, 11) is 0. The van der Waals surface area contributed by atoms with Crippen molar-refractivity contribution in [2.75, 3.05) is 0 Å². The zero-order valence-corrected chi connectivity index (χ0v) is 5.46. The monoisotopic (exact) mass is 133 g/mol. The molecule has 0 bridgehead atoms. The van der Waals surface area contributed by atoms with E-state index in [1.165, 1.54) is 13.8 Å². The van der Waals surface area contributed by atoms with Gasteiger partial charge in [0, 0.05) is 0 Å². The molecule has 0 aromatic heterocycles. The normalized spacial score (nSPS) is 20.4. The van der Waals surface area contributed by atoms with E-state index in [1.807, 2.05) is 0 Å². The van der Waals surface area contributed by atoms with Crippen LogP contribution in [0.5, 0.6) is 0 Å². The molecule has 0 rings (SSSR count). The van der Waals surface area contributed by atoms with Crippen LogP contribution in [0, 0.1) is 0 Å². The first-order chi connectivity index (χ1) is 3.89. The summed E-state index contributed by atoms with van der Waals surface area (Å²) < 4.78 is 0. The van der Waals surface area contributed by atoms with E-state index < -0.39 is 17.6 Å². The van der Waals surface area contributed by atoms with Crippen molar-refractivity contribution < 1.29 is 15.0 Å². The molecule has 54 valence electrons. The second-order valence-corrected chi connectivity index (χ2v) is 2.26. The number of nitrogens with two attached hydrogens (primary N) is 1. The fraction of sp³-hybridized carbons (Fsp3) is 0.800. The lowest BCUT2D eigenvalue weighted by Crippen LogP contribution is -2.53. The van der Waals surface area contributed by atoms with E-state index in [9.17, 15) is 4.79 Å². The highest BCUT2D eigenvalue weighted by Gasteiger charge is 2.33. The van der Waals surface area contributed by atoms with Gasteiger partial charge in [-0.25, -0.2) is 0 Å². The van der Waals surface area contributed by atoms with Crippen molar-refractivity contribution >= 4 is 5.97 Å². The van der Waals surface area contributed by atoms with Gasteiger partial charge in [0.05, 0.1) is 6.10 Å². The Hall–Kier alpha value is -0.610. The molecule has 0 saturated heterocycles. The van der Waals surface area contributed by atoms with Crippen LogP contribution < -0.4 is 5.73 Å². The van der Waals surface area contributed by atoms with Crippen molar-refractivity contribution in [2.45, 2.75) is 25.5 Å². The molecular formula is C5H11NO3. The van der Waals surface area contributed by atoms with Crippen LogP contribution in [0.25, 0.3) is 0 Å². The standard InChI is InChI=1S/C5H11NO3/c1-3(7)5(2,6)4(8)9/h3,7H,6H2,1-2H3,(H,8,9)/t3-,5?/m0/s1. The molecule has 4 heteroatoms. The molecule has 0 aliphatic heterocycles. The SMILES string of the molecule is C[C@H](O)C(C)(N)C(=O)O. The van der Waals surface area contributed by atoms with E-state index in [-0.39, 0.29) is 0 Å². The molecule has 0 aliphatic carbocycles. The zero-order valence-electron chi connectivity index (χ0n) is 5.46. The van der Waals surface area contributed by atoms with Crippen LogP contribution in [0.2, 0.25) is 0 Å². The average Bonchev–Trinajstić information content (AvgIpc) is 1.65. The first-order valence-corrected chi connectivity index (χ1v) is 2.59. The van der Waals surface area contributed by atoms with Gasteiger partial charge in [0.1, 0.15) is 5.54 Å². The quantitative estimate of drug-likeness (QED) is 0.459. The van der Waals surface area contributed by atoms with Crippen molar-refractivity contribution in [1.29, 1.82) is 0 Å². The van der Waals surface area contributed by atoms with Gasteiger partial charge in [-0.1, -0.05) is 0 Å². The lowest BCUT2D eigenvalue weighted by atomic mass is 9.98. The number of aliphatic hydroxyl groups excluding tert-OH is 1. The molecule has 0 aromatic rings. The summed E-state index contributed by atoms with van der Waals surface area (Å²) in [5, 5.41) is 17.1. The smallest absolute Gasteiger partial charge is 0.326 e. The Morgan fingerprint density at radius 3 is 2.11 bits per heavy atom. The summed E-state index contributed by atoms with van der Waals surface area (Å²) in [6.07, 6.45) is -1.03. The van der Waals surface area contributed by atoms with E-state index in [4.69, 9.17) is 15.9 Å². The molecule has 0 radical (unpaired) electrons. The summed E-state index contributed by atoms with van der Waals surface area (Å²) >= 11 is 0. The minimum atomic E-state index is -1.53. The molecule has 4 N–H and O–H groups in total. The fourth-order valence-electron chi connectivity index (χ4n) is 0.179. The van der Waals surface area contributed by atoms with Gasteiger partial charge in [-0.05, 0) is 13.8 Å². The predicted octanol–water partition coefficient (Wildman–Crippen LogP) is -0.831. The van der Waals surface area contributed by atoms with E-state index in [0.29, 0.717) is 0 Å². The molecule has 0 saturated carbocycles. The molecule has 0 aliphatic rings.